The van der Waals surface area contributed by atoms with Crippen molar-refractivity contribution in [3.63, 3.8) is 0 Å². The van der Waals surface area contributed by atoms with E-state index in [4.69, 9.17) is 18.0 Å². The molecule has 0 aromatic carbocycles. The summed E-state index contributed by atoms with van der Waals surface area (Å²) in [5.74, 6) is -0.0801. The first-order valence-corrected chi connectivity index (χ1v) is 7.00. The van der Waals surface area contributed by atoms with Crippen molar-refractivity contribution in [2.24, 2.45) is 11.1 Å². The van der Waals surface area contributed by atoms with Gasteiger partial charge in [-0.1, -0.05) is 32.0 Å². The lowest BCUT2D eigenvalue weighted by Crippen LogP contribution is -2.54. The lowest BCUT2D eigenvalue weighted by molar-refractivity contribution is -0.142. The van der Waals surface area contributed by atoms with Gasteiger partial charge in [-0.05, 0) is 26.2 Å². The highest BCUT2D eigenvalue weighted by Crippen LogP contribution is 2.29. The Bertz CT molecular complexity index is 335. The second kappa shape index (κ2) is 5.97. The van der Waals surface area contributed by atoms with Gasteiger partial charge < -0.3 is 15.7 Å². The number of amides is 1. The van der Waals surface area contributed by atoms with Crippen LogP contribution in [0.2, 0.25) is 0 Å². The summed E-state index contributed by atoms with van der Waals surface area (Å²) in [6.07, 6.45) is 3.84. The molecule has 0 aliphatic heterocycles. The Balaban J connectivity index is 2.85. The van der Waals surface area contributed by atoms with Crippen LogP contribution in [0.4, 0.5) is 0 Å². The number of rotatable bonds is 4. The molecule has 1 aliphatic carbocycles. The molecule has 18 heavy (non-hydrogen) atoms. The normalized spacial score (nSPS) is 27.3. The van der Waals surface area contributed by atoms with Gasteiger partial charge in [0, 0.05) is 7.05 Å². The Morgan fingerprint density at radius 2 is 2.06 bits per heavy atom. The molecule has 104 valence electrons. The lowest BCUT2D eigenvalue weighted by atomic mass is 9.84. The summed E-state index contributed by atoms with van der Waals surface area (Å²) < 4.78 is 0. The third kappa shape index (κ3) is 2.83. The predicted octanol–water partition coefficient (Wildman–Crippen LogP) is 1.45. The monoisotopic (exact) mass is 272 g/mol. The molecule has 5 heteroatoms. The summed E-state index contributed by atoms with van der Waals surface area (Å²) >= 11 is 5.02. The molecule has 0 aromatic heterocycles. The van der Waals surface area contributed by atoms with E-state index < -0.39 is 11.5 Å². The minimum Gasteiger partial charge on any atom is -0.392 e. The van der Waals surface area contributed by atoms with Gasteiger partial charge in [0.15, 0.2) is 0 Å². The molecule has 1 fully saturated rings. The van der Waals surface area contributed by atoms with E-state index in [-0.39, 0.29) is 16.9 Å². The number of aliphatic hydroxyl groups is 1. The minimum absolute atomic E-state index is 0.0801. The van der Waals surface area contributed by atoms with Crippen LogP contribution >= 0.6 is 12.2 Å². The van der Waals surface area contributed by atoms with Gasteiger partial charge in [-0.15, -0.1) is 0 Å². The van der Waals surface area contributed by atoms with E-state index in [1.165, 1.54) is 0 Å². The highest BCUT2D eigenvalue weighted by Gasteiger charge is 2.40. The first-order valence-electron chi connectivity index (χ1n) is 6.59. The number of hydrogen-bond donors (Lipinski definition) is 2. The molecular formula is C13H24N2O2S. The maximum absolute atomic E-state index is 12.5. The van der Waals surface area contributed by atoms with E-state index >= 15 is 0 Å². The van der Waals surface area contributed by atoms with Crippen molar-refractivity contribution in [1.82, 2.24) is 4.90 Å². The number of aliphatic hydroxyl groups excluding tert-OH is 1. The van der Waals surface area contributed by atoms with Crippen molar-refractivity contribution in [3.8, 4) is 0 Å². The Morgan fingerprint density at radius 1 is 1.50 bits per heavy atom. The van der Waals surface area contributed by atoms with E-state index in [0.717, 1.165) is 25.7 Å². The molecule has 3 unspecified atom stereocenters. The van der Waals surface area contributed by atoms with Gasteiger partial charge in [0.25, 0.3) is 0 Å². The van der Waals surface area contributed by atoms with Crippen LogP contribution in [0.15, 0.2) is 0 Å². The Labute approximate surface area is 115 Å². The Kier molecular flexibility index (Phi) is 5.10. The first kappa shape index (κ1) is 15.4. The molecule has 0 saturated heterocycles. The maximum Gasteiger partial charge on any atom is 0.235 e. The summed E-state index contributed by atoms with van der Waals surface area (Å²) in [5, 5.41) is 10.0. The topological polar surface area (TPSA) is 66.6 Å². The molecule has 3 atom stereocenters. The quantitative estimate of drug-likeness (QED) is 0.760. The van der Waals surface area contributed by atoms with Crippen LogP contribution in [0, 0.1) is 5.41 Å². The predicted molar refractivity (Wildman–Crippen MR) is 76.2 cm³/mol. The van der Waals surface area contributed by atoms with Gasteiger partial charge in [0.2, 0.25) is 5.91 Å². The van der Waals surface area contributed by atoms with Gasteiger partial charge in [0.05, 0.1) is 22.5 Å². The lowest BCUT2D eigenvalue weighted by Gasteiger charge is -2.39. The molecule has 3 N–H and O–H groups in total. The van der Waals surface area contributed by atoms with Gasteiger partial charge in [-0.3, -0.25) is 4.79 Å². The second-order valence-electron chi connectivity index (χ2n) is 5.39. The van der Waals surface area contributed by atoms with E-state index in [9.17, 15) is 9.90 Å². The van der Waals surface area contributed by atoms with Gasteiger partial charge in [-0.25, -0.2) is 0 Å². The van der Waals surface area contributed by atoms with Crippen LogP contribution in [-0.4, -0.2) is 40.1 Å². The van der Waals surface area contributed by atoms with Crippen molar-refractivity contribution < 1.29 is 9.90 Å². The van der Waals surface area contributed by atoms with Crippen LogP contribution in [0.25, 0.3) is 0 Å². The molecule has 0 heterocycles. The fraction of sp³-hybridized carbons (Fsp3) is 0.846. The summed E-state index contributed by atoms with van der Waals surface area (Å²) in [5.41, 5.74) is 4.90. The number of likely N-dealkylation sites (N-methyl/N-ethyl adjacent to an activating group) is 1. The molecule has 4 nitrogen and oxygen atoms in total. The molecule has 0 bridgehead atoms. The number of hydrogen-bond acceptors (Lipinski definition) is 3. The van der Waals surface area contributed by atoms with Crippen LogP contribution in [0.5, 0.6) is 0 Å². The van der Waals surface area contributed by atoms with Crippen molar-refractivity contribution in [1.29, 1.82) is 0 Å². The number of carbonyl (C=O) groups is 1. The third-order valence-corrected chi connectivity index (χ3v) is 4.69. The Morgan fingerprint density at radius 3 is 2.50 bits per heavy atom. The van der Waals surface area contributed by atoms with Crippen molar-refractivity contribution >= 4 is 23.1 Å². The largest absolute Gasteiger partial charge is 0.392 e. The summed E-state index contributed by atoms with van der Waals surface area (Å²) in [7, 11) is 1.74. The number of thiocarbonyl (C=S) groups is 1. The maximum atomic E-state index is 12.5. The molecule has 1 aliphatic rings. The van der Waals surface area contributed by atoms with E-state index in [1.807, 2.05) is 6.92 Å². The average molecular weight is 272 g/mol. The molecule has 1 saturated carbocycles. The van der Waals surface area contributed by atoms with Gasteiger partial charge in [-0.2, -0.15) is 0 Å². The van der Waals surface area contributed by atoms with Crippen molar-refractivity contribution in [2.75, 3.05) is 7.05 Å². The number of nitrogens with zero attached hydrogens (tertiary/aromatic N) is 1. The van der Waals surface area contributed by atoms with Crippen LogP contribution in [0.3, 0.4) is 0 Å². The minimum atomic E-state index is -0.804. The second-order valence-corrected chi connectivity index (χ2v) is 5.82. The molecule has 0 radical (unpaired) electrons. The third-order valence-electron chi connectivity index (χ3n) is 4.23. The summed E-state index contributed by atoms with van der Waals surface area (Å²) in [4.78, 5) is 14.4. The van der Waals surface area contributed by atoms with Crippen LogP contribution in [-0.2, 0) is 4.79 Å². The molecule has 0 spiro atoms. The number of carbonyl (C=O) groups excluding carboxylic acids is 1. The molecule has 1 rings (SSSR count). The summed E-state index contributed by atoms with van der Waals surface area (Å²) in [6.45, 7) is 3.69. The van der Waals surface area contributed by atoms with E-state index in [2.05, 4.69) is 0 Å². The van der Waals surface area contributed by atoms with Gasteiger partial charge >= 0.3 is 0 Å². The van der Waals surface area contributed by atoms with E-state index in [1.54, 1.807) is 18.9 Å². The standard InChI is InChI=1S/C13H24N2O2S/c1-4-13(2,11(14)18)12(17)15(3)9-7-5-6-8-10(9)16/h9-10,16H,4-8H2,1-3H3,(H2,14,18). The highest BCUT2D eigenvalue weighted by atomic mass is 32.1. The SMILES string of the molecule is CCC(C)(C(=O)N(C)C1CCCCC1O)C(N)=S. The van der Waals surface area contributed by atoms with Crippen molar-refractivity contribution in [3.05, 3.63) is 0 Å². The zero-order valence-corrected chi connectivity index (χ0v) is 12.3. The number of nitrogens with two attached hydrogens (primary N) is 1. The highest BCUT2D eigenvalue weighted by molar-refractivity contribution is 7.80. The zero-order chi connectivity index (χ0) is 13.9. The van der Waals surface area contributed by atoms with Crippen LogP contribution in [0.1, 0.15) is 46.0 Å². The average Bonchev–Trinajstić information content (AvgIpc) is 2.36. The fourth-order valence-corrected chi connectivity index (χ4v) is 2.75. The molecular weight excluding hydrogens is 248 g/mol. The zero-order valence-electron chi connectivity index (χ0n) is 11.5. The van der Waals surface area contributed by atoms with Crippen LogP contribution < -0.4 is 5.73 Å². The fourth-order valence-electron chi connectivity index (χ4n) is 2.51. The van der Waals surface area contributed by atoms with E-state index in [0.29, 0.717) is 6.42 Å². The molecule has 1 amide bonds. The molecule has 0 aromatic rings. The Hall–Kier alpha value is -0.680. The first-order chi connectivity index (χ1) is 8.34. The smallest absolute Gasteiger partial charge is 0.235 e. The summed E-state index contributed by atoms with van der Waals surface area (Å²) in [6, 6.07) is -0.105. The van der Waals surface area contributed by atoms with Crippen molar-refractivity contribution in [2.45, 2.75) is 58.1 Å². The van der Waals surface area contributed by atoms with Gasteiger partial charge in [0.1, 0.15) is 0 Å².